The minimum Gasteiger partial charge on any atom is -0.333 e. The highest BCUT2D eigenvalue weighted by Gasteiger charge is 2.45. The third-order valence-electron chi connectivity index (χ3n) is 4.23. The first-order valence-electron chi connectivity index (χ1n) is 6.74. The maximum atomic E-state index is 12.0. The topological polar surface area (TPSA) is 44.4 Å². The van der Waals surface area contributed by atoms with Gasteiger partial charge in [-0.15, -0.1) is 0 Å². The molecule has 0 radical (unpaired) electrons. The highest BCUT2D eigenvalue weighted by atomic mass is 16.2. The van der Waals surface area contributed by atoms with Crippen molar-refractivity contribution in [2.75, 3.05) is 26.2 Å². The van der Waals surface area contributed by atoms with E-state index in [0.29, 0.717) is 5.41 Å². The molecule has 2 heterocycles. The van der Waals surface area contributed by atoms with E-state index in [1.807, 2.05) is 4.90 Å². The first kappa shape index (κ1) is 12.7. The van der Waals surface area contributed by atoms with Crippen molar-refractivity contribution in [1.82, 2.24) is 15.5 Å². The van der Waals surface area contributed by atoms with Crippen molar-refractivity contribution in [3.8, 4) is 0 Å². The predicted molar refractivity (Wildman–Crippen MR) is 69.0 cm³/mol. The Morgan fingerprint density at radius 1 is 1.47 bits per heavy atom. The van der Waals surface area contributed by atoms with E-state index >= 15 is 0 Å². The molecule has 0 atom stereocenters. The van der Waals surface area contributed by atoms with E-state index in [2.05, 4.69) is 31.4 Å². The minimum atomic E-state index is -0.0926. The average Bonchev–Trinajstić information content (AvgIpc) is 2.26. The SMILES string of the molecule is CCC(C)(C)NC(=O)N1CC2(CCCNC2)C1. The van der Waals surface area contributed by atoms with Crippen molar-refractivity contribution < 1.29 is 4.79 Å². The number of nitrogens with zero attached hydrogens (tertiary/aromatic N) is 1. The fourth-order valence-electron chi connectivity index (χ4n) is 2.66. The second-order valence-corrected chi connectivity index (χ2v) is 6.30. The maximum Gasteiger partial charge on any atom is 0.317 e. The zero-order valence-corrected chi connectivity index (χ0v) is 11.3. The molecule has 2 amide bonds. The molecule has 4 nitrogen and oxygen atoms in total. The van der Waals surface area contributed by atoms with E-state index in [1.54, 1.807) is 0 Å². The summed E-state index contributed by atoms with van der Waals surface area (Å²) in [5, 5.41) is 6.53. The van der Waals surface area contributed by atoms with Crippen LogP contribution in [0, 0.1) is 5.41 Å². The lowest BCUT2D eigenvalue weighted by Gasteiger charge is -2.52. The molecule has 2 N–H and O–H groups in total. The van der Waals surface area contributed by atoms with Gasteiger partial charge in [-0.3, -0.25) is 0 Å². The quantitative estimate of drug-likeness (QED) is 0.768. The Morgan fingerprint density at radius 3 is 2.71 bits per heavy atom. The van der Waals surface area contributed by atoms with Gasteiger partial charge in [-0.05, 0) is 39.7 Å². The molecule has 0 saturated carbocycles. The van der Waals surface area contributed by atoms with Crippen LogP contribution in [0.25, 0.3) is 0 Å². The fourth-order valence-corrected chi connectivity index (χ4v) is 2.66. The molecule has 0 aliphatic carbocycles. The number of piperidine rings is 1. The molecule has 0 bridgehead atoms. The highest BCUT2D eigenvalue weighted by Crippen LogP contribution is 2.36. The van der Waals surface area contributed by atoms with Crippen molar-refractivity contribution in [3.05, 3.63) is 0 Å². The van der Waals surface area contributed by atoms with Gasteiger partial charge in [0.05, 0.1) is 0 Å². The van der Waals surface area contributed by atoms with Gasteiger partial charge in [0.15, 0.2) is 0 Å². The first-order valence-corrected chi connectivity index (χ1v) is 6.74. The van der Waals surface area contributed by atoms with Gasteiger partial charge in [0, 0.05) is 30.6 Å². The lowest BCUT2D eigenvalue weighted by molar-refractivity contribution is 0.00956. The van der Waals surface area contributed by atoms with Crippen molar-refractivity contribution >= 4 is 6.03 Å². The molecule has 2 aliphatic rings. The van der Waals surface area contributed by atoms with Crippen LogP contribution in [0.4, 0.5) is 4.79 Å². The van der Waals surface area contributed by atoms with Crippen molar-refractivity contribution in [2.45, 2.75) is 45.6 Å². The molecular weight excluding hydrogens is 214 g/mol. The number of carbonyl (C=O) groups is 1. The molecule has 0 aromatic rings. The monoisotopic (exact) mass is 239 g/mol. The third-order valence-corrected chi connectivity index (χ3v) is 4.23. The van der Waals surface area contributed by atoms with Crippen LogP contribution in [0.2, 0.25) is 0 Å². The van der Waals surface area contributed by atoms with E-state index in [0.717, 1.165) is 32.6 Å². The second-order valence-electron chi connectivity index (χ2n) is 6.30. The molecule has 0 aromatic carbocycles. The lowest BCUT2D eigenvalue weighted by Crippen LogP contribution is -2.66. The summed E-state index contributed by atoms with van der Waals surface area (Å²) in [5.41, 5.74) is 0.288. The number of hydrogen-bond acceptors (Lipinski definition) is 2. The second kappa shape index (κ2) is 4.48. The van der Waals surface area contributed by atoms with E-state index in [-0.39, 0.29) is 11.6 Å². The molecule has 4 heteroatoms. The summed E-state index contributed by atoms with van der Waals surface area (Å²) in [6.07, 6.45) is 3.47. The molecule has 2 rings (SSSR count). The van der Waals surface area contributed by atoms with Crippen LogP contribution in [-0.2, 0) is 0 Å². The Hall–Kier alpha value is -0.770. The molecule has 2 aliphatic heterocycles. The number of nitrogens with one attached hydrogen (secondary N) is 2. The number of amides is 2. The molecule has 2 saturated heterocycles. The number of carbonyl (C=O) groups excluding carboxylic acids is 1. The Kier molecular flexibility index (Phi) is 3.34. The smallest absolute Gasteiger partial charge is 0.317 e. The number of hydrogen-bond donors (Lipinski definition) is 2. The molecule has 0 aromatic heterocycles. The van der Waals surface area contributed by atoms with Crippen LogP contribution in [0.3, 0.4) is 0 Å². The highest BCUT2D eigenvalue weighted by molar-refractivity contribution is 5.76. The normalized spacial score (nSPS) is 23.4. The molecule has 2 fully saturated rings. The van der Waals surface area contributed by atoms with E-state index < -0.39 is 0 Å². The Morgan fingerprint density at radius 2 is 2.18 bits per heavy atom. The van der Waals surface area contributed by atoms with Gasteiger partial charge >= 0.3 is 6.03 Å². The average molecular weight is 239 g/mol. The van der Waals surface area contributed by atoms with Gasteiger partial charge in [0.25, 0.3) is 0 Å². The number of urea groups is 1. The minimum absolute atomic E-state index is 0.0926. The largest absolute Gasteiger partial charge is 0.333 e. The molecule has 1 spiro atoms. The van der Waals surface area contributed by atoms with Gasteiger partial charge in [-0.2, -0.15) is 0 Å². The van der Waals surface area contributed by atoms with Gasteiger partial charge in [0.1, 0.15) is 0 Å². The molecular formula is C13H25N3O. The zero-order valence-electron chi connectivity index (χ0n) is 11.3. The fraction of sp³-hybridized carbons (Fsp3) is 0.923. The van der Waals surface area contributed by atoms with Crippen molar-refractivity contribution in [1.29, 1.82) is 0 Å². The van der Waals surface area contributed by atoms with E-state index in [4.69, 9.17) is 0 Å². The summed E-state index contributed by atoms with van der Waals surface area (Å²) in [6, 6.07) is 0.105. The van der Waals surface area contributed by atoms with Gasteiger partial charge in [0.2, 0.25) is 0 Å². The number of likely N-dealkylation sites (tertiary alicyclic amines) is 1. The van der Waals surface area contributed by atoms with Crippen LogP contribution < -0.4 is 10.6 Å². The van der Waals surface area contributed by atoms with Gasteiger partial charge < -0.3 is 15.5 Å². The van der Waals surface area contributed by atoms with E-state index in [1.165, 1.54) is 12.8 Å². The van der Waals surface area contributed by atoms with Crippen LogP contribution in [0.15, 0.2) is 0 Å². The summed E-state index contributed by atoms with van der Waals surface area (Å²) < 4.78 is 0. The summed E-state index contributed by atoms with van der Waals surface area (Å²) in [4.78, 5) is 14.0. The van der Waals surface area contributed by atoms with Crippen LogP contribution in [0.1, 0.15) is 40.0 Å². The standard InChI is InChI=1S/C13H25N3O/c1-4-12(2,3)15-11(17)16-9-13(10-16)6-5-7-14-8-13/h14H,4-10H2,1-3H3,(H,15,17). The maximum absolute atomic E-state index is 12.0. The van der Waals surface area contributed by atoms with Gasteiger partial charge in [-0.25, -0.2) is 4.79 Å². The molecule has 17 heavy (non-hydrogen) atoms. The van der Waals surface area contributed by atoms with E-state index in [9.17, 15) is 4.79 Å². The third kappa shape index (κ3) is 2.73. The van der Waals surface area contributed by atoms with Crippen LogP contribution in [-0.4, -0.2) is 42.6 Å². The summed E-state index contributed by atoms with van der Waals surface area (Å²) in [7, 11) is 0. The lowest BCUT2D eigenvalue weighted by atomic mass is 9.74. The van der Waals surface area contributed by atoms with Gasteiger partial charge in [-0.1, -0.05) is 6.92 Å². The Labute approximate surface area is 104 Å². The summed E-state index contributed by atoms with van der Waals surface area (Å²) >= 11 is 0. The van der Waals surface area contributed by atoms with Crippen LogP contribution >= 0.6 is 0 Å². The van der Waals surface area contributed by atoms with Crippen molar-refractivity contribution in [3.63, 3.8) is 0 Å². The van der Waals surface area contributed by atoms with Crippen LogP contribution in [0.5, 0.6) is 0 Å². The predicted octanol–water partition coefficient (Wildman–Crippen LogP) is 1.57. The summed E-state index contributed by atoms with van der Waals surface area (Å²) in [6.45, 7) is 10.3. The summed E-state index contributed by atoms with van der Waals surface area (Å²) in [5.74, 6) is 0. The zero-order chi connectivity index (χ0) is 12.5. The first-order chi connectivity index (χ1) is 7.96. The Bertz CT molecular complexity index is 287. The molecule has 98 valence electrons. The Balaban J connectivity index is 1.81. The number of rotatable bonds is 2. The molecule has 0 unspecified atom stereocenters. The van der Waals surface area contributed by atoms with Crippen molar-refractivity contribution in [2.24, 2.45) is 5.41 Å².